The van der Waals surface area contributed by atoms with E-state index < -0.39 is 0 Å². The van der Waals surface area contributed by atoms with Crippen molar-refractivity contribution < 1.29 is 14.2 Å². The molecule has 0 saturated carbocycles. The predicted molar refractivity (Wildman–Crippen MR) is 121 cm³/mol. The van der Waals surface area contributed by atoms with Gasteiger partial charge in [0.2, 0.25) is 0 Å². The topological polar surface area (TPSA) is 58.6 Å². The van der Waals surface area contributed by atoms with Gasteiger partial charge in [0.25, 0.3) is 0 Å². The van der Waals surface area contributed by atoms with Crippen LogP contribution in [-0.2, 0) is 6.42 Å². The van der Waals surface area contributed by atoms with Crippen molar-refractivity contribution in [2.45, 2.75) is 32.1 Å². The highest BCUT2D eigenvalue weighted by molar-refractivity contribution is 5.80. The first kappa shape index (κ1) is 22.5. The third kappa shape index (κ3) is 5.72. The van der Waals surface area contributed by atoms with Crippen molar-refractivity contribution in [2.75, 3.05) is 67.6 Å². The summed E-state index contributed by atoms with van der Waals surface area (Å²) < 4.78 is 16.5. The number of hydrogen-bond acceptors (Lipinski definition) is 5. The number of ether oxygens (including phenoxy) is 3. The van der Waals surface area contributed by atoms with Gasteiger partial charge in [0.05, 0.1) is 21.3 Å². The third-order valence-corrected chi connectivity index (χ3v) is 6.24. The molecule has 2 fully saturated rings. The van der Waals surface area contributed by atoms with Gasteiger partial charge >= 0.3 is 0 Å². The maximum atomic E-state index is 5.57. The average Bonchev–Trinajstić information content (AvgIpc) is 3.25. The SMILES string of the molecule is CN=C(NCCc1c(OC)cc(OC)cc1OC)N1CCC(CN2CCCCC2)C1. The zero-order valence-corrected chi connectivity index (χ0v) is 19.1. The Morgan fingerprint density at radius 1 is 1.03 bits per heavy atom. The summed E-state index contributed by atoms with van der Waals surface area (Å²) in [6.07, 6.45) is 6.14. The van der Waals surface area contributed by atoms with E-state index in [0.717, 1.165) is 60.7 Å². The second-order valence-electron chi connectivity index (χ2n) is 8.20. The molecule has 0 spiro atoms. The Balaban J connectivity index is 1.52. The Labute approximate surface area is 181 Å². The summed E-state index contributed by atoms with van der Waals surface area (Å²) in [6, 6.07) is 3.80. The van der Waals surface area contributed by atoms with E-state index in [1.807, 2.05) is 19.2 Å². The van der Waals surface area contributed by atoms with Gasteiger partial charge in [0, 0.05) is 50.9 Å². The summed E-state index contributed by atoms with van der Waals surface area (Å²) in [5, 5.41) is 3.54. The maximum Gasteiger partial charge on any atom is 0.193 e. The van der Waals surface area contributed by atoms with Crippen molar-refractivity contribution in [1.29, 1.82) is 0 Å². The molecule has 1 N–H and O–H groups in total. The molecule has 0 bridgehead atoms. The number of methoxy groups -OCH3 is 3. The van der Waals surface area contributed by atoms with Crippen molar-refractivity contribution in [1.82, 2.24) is 15.1 Å². The Bertz CT molecular complexity index is 679. The van der Waals surface area contributed by atoms with Crippen molar-refractivity contribution in [3.05, 3.63) is 17.7 Å². The van der Waals surface area contributed by atoms with Gasteiger partial charge < -0.3 is 29.3 Å². The fourth-order valence-corrected chi connectivity index (χ4v) is 4.64. The van der Waals surface area contributed by atoms with Crippen LogP contribution >= 0.6 is 0 Å². The standard InChI is InChI=1S/C23H38N4O3/c1-24-23(27-13-9-18(17-27)16-26-11-6-5-7-12-26)25-10-8-20-21(29-3)14-19(28-2)15-22(20)30-4/h14-15,18H,5-13,16-17H2,1-4H3,(H,24,25). The summed E-state index contributed by atoms with van der Waals surface area (Å²) in [4.78, 5) is 9.58. The lowest BCUT2D eigenvalue weighted by atomic mass is 10.1. The van der Waals surface area contributed by atoms with Crippen LogP contribution in [0.2, 0.25) is 0 Å². The van der Waals surface area contributed by atoms with Gasteiger partial charge in [-0.15, -0.1) is 0 Å². The number of rotatable bonds is 8. The molecule has 168 valence electrons. The number of piperidine rings is 1. The van der Waals surface area contributed by atoms with Gasteiger partial charge in [0.1, 0.15) is 17.2 Å². The lowest BCUT2D eigenvalue weighted by Crippen LogP contribution is -2.42. The summed E-state index contributed by atoms with van der Waals surface area (Å²) in [5.74, 6) is 4.02. The van der Waals surface area contributed by atoms with E-state index in [4.69, 9.17) is 14.2 Å². The first-order valence-electron chi connectivity index (χ1n) is 11.1. The predicted octanol–water partition coefficient (Wildman–Crippen LogP) is 2.64. The molecule has 1 unspecified atom stereocenters. The van der Waals surface area contributed by atoms with Crippen molar-refractivity contribution in [3.8, 4) is 17.2 Å². The Morgan fingerprint density at radius 3 is 2.33 bits per heavy atom. The van der Waals surface area contributed by atoms with Gasteiger partial charge in [0.15, 0.2) is 5.96 Å². The molecule has 0 aliphatic carbocycles. The minimum Gasteiger partial charge on any atom is -0.496 e. The molecule has 2 aliphatic heterocycles. The highest BCUT2D eigenvalue weighted by atomic mass is 16.5. The van der Waals surface area contributed by atoms with Crippen LogP contribution in [0.25, 0.3) is 0 Å². The van der Waals surface area contributed by atoms with Gasteiger partial charge in [-0.05, 0) is 44.7 Å². The molecule has 0 amide bonds. The summed E-state index contributed by atoms with van der Waals surface area (Å²) in [5.41, 5.74) is 1.04. The molecule has 1 aromatic carbocycles. The lowest BCUT2D eigenvalue weighted by Gasteiger charge is -2.29. The van der Waals surface area contributed by atoms with Crippen LogP contribution in [0.5, 0.6) is 17.2 Å². The Kier molecular flexibility index (Phi) is 8.49. The molecule has 7 heteroatoms. The van der Waals surface area contributed by atoms with Crippen molar-refractivity contribution in [2.24, 2.45) is 10.9 Å². The van der Waals surface area contributed by atoms with E-state index in [1.54, 1.807) is 21.3 Å². The van der Waals surface area contributed by atoms with Crippen LogP contribution in [0.3, 0.4) is 0 Å². The fraction of sp³-hybridized carbons (Fsp3) is 0.696. The zero-order valence-electron chi connectivity index (χ0n) is 19.1. The van der Waals surface area contributed by atoms with E-state index in [0.29, 0.717) is 0 Å². The van der Waals surface area contributed by atoms with Crippen LogP contribution < -0.4 is 19.5 Å². The zero-order chi connectivity index (χ0) is 21.3. The minimum absolute atomic E-state index is 0.730. The molecule has 30 heavy (non-hydrogen) atoms. The fourth-order valence-electron chi connectivity index (χ4n) is 4.64. The number of likely N-dealkylation sites (tertiary alicyclic amines) is 2. The van der Waals surface area contributed by atoms with Crippen LogP contribution in [0.1, 0.15) is 31.2 Å². The van der Waals surface area contributed by atoms with Gasteiger partial charge in [-0.3, -0.25) is 4.99 Å². The van der Waals surface area contributed by atoms with Crippen molar-refractivity contribution in [3.63, 3.8) is 0 Å². The van der Waals surface area contributed by atoms with Gasteiger partial charge in [-0.2, -0.15) is 0 Å². The van der Waals surface area contributed by atoms with E-state index in [-0.39, 0.29) is 0 Å². The lowest BCUT2D eigenvalue weighted by molar-refractivity contribution is 0.198. The molecular weight excluding hydrogens is 380 g/mol. The highest BCUT2D eigenvalue weighted by Crippen LogP contribution is 2.34. The van der Waals surface area contributed by atoms with Crippen LogP contribution in [0.15, 0.2) is 17.1 Å². The van der Waals surface area contributed by atoms with E-state index >= 15 is 0 Å². The molecule has 3 rings (SSSR count). The first-order chi connectivity index (χ1) is 14.7. The second-order valence-corrected chi connectivity index (χ2v) is 8.20. The number of aliphatic imine (C=N–C) groups is 1. The number of nitrogens with one attached hydrogen (secondary N) is 1. The van der Waals surface area contributed by atoms with E-state index in [2.05, 4.69) is 20.1 Å². The normalized spacial score (nSPS) is 20.3. The second kappa shape index (κ2) is 11.3. The molecule has 7 nitrogen and oxygen atoms in total. The number of guanidine groups is 1. The number of nitrogens with zero attached hydrogens (tertiary/aromatic N) is 3. The molecule has 0 aromatic heterocycles. The Hall–Kier alpha value is -2.15. The Morgan fingerprint density at radius 2 is 1.73 bits per heavy atom. The monoisotopic (exact) mass is 418 g/mol. The van der Waals surface area contributed by atoms with E-state index in [9.17, 15) is 0 Å². The molecule has 2 aliphatic rings. The first-order valence-corrected chi connectivity index (χ1v) is 11.1. The van der Waals surface area contributed by atoms with Crippen molar-refractivity contribution >= 4 is 5.96 Å². The van der Waals surface area contributed by atoms with Crippen LogP contribution in [0, 0.1) is 5.92 Å². The molecular formula is C23H38N4O3. The summed E-state index contributed by atoms with van der Waals surface area (Å²) in [7, 11) is 6.87. The van der Waals surface area contributed by atoms with Crippen LogP contribution in [0.4, 0.5) is 0 Å². The van der Waals surface area contributed by atoms with Crippen LogP contribution in [-0.4, -0.2) is 83.4 Å². The number of hydrogen-bond donors (Lipinski definition) is 1. The van der Waals surface area contributed by atoms with Gasteiger partial charge in [-0.1, -0.05) is 6.42 Å². The molecule has 2 saturated heterocycles. The summed E-state index contributed by atoms with van der Waals surface area (Å²) >= 11 is 0. The smallest absolute Gasteiger partial charge is 0.193 e. The molecule has 0 radical (unpaired) electrons. The average molecular weight is 419 g/mol. The number of benzene rings is 1. The quantitative estimate of drug-likeness (QED) is 0.517. The third-order valence-electron chi connectivity index (χ3n) is 6.24. The molecule has 1 aromatic rings. The highest BCUT2D eigenvalue weighted by Gasteiger charge is 2.27. The van der Waals surface area contributed by atoms with E-state index in [1.165, 1.54) is 45.3 Å². The molecule has 1 atom stereocenters. The summed E-state index contributed by atoms with van der Waals surface area (Å²) in [6.45, 7) is 6.70. The van der Waals surface area contributed by atoms with Gasteiger partial charge in [-0.25, -0.2) is 0 Å². The minimum atomic E-state index is 0.730. The maximum absolute atomic E-state index is 5.57. The molecule has 2 heterocycles. The largest absolute Gasteiger partial charge is 0.496 e.